The van der Waals surface area contributed by atoms with Gasteiger partial charge in [-0.05, 0) is 25.7 Å². The maximum Gasteiger partial charge on any atom is 0.361 e. The summed E-state index contributed by atoms with van der Waals surface area (Å²) in [5, 5.41) is 4.36. The molecule has 0 amide bonds. The van der Waals surface area contributed by atoms with E-state index in [9.17, 15) is 4.79 Å². The van der Waals surface area contributed by atoms with Gasteiger partial charge >= 0.3 is 5.97 Å². The molecule has 3 heterocycles. The average molecular weight is 290 g/mol. The van der Waals surface area contributed by atoms with Gasteiger partial charge < -0.3 is 14.2 Å². The molecule has 1 saturated heterocycles. The van der Waals surface area contributed by atoms with Crippen LogP contribution in [0.5, 0.6) is 0 Å². The van der Waals surface area contributed by atoms with Crippen LogP contribution in [0.3, 0.4) is 0 Å². The summed E-state index contributed by atoms with van der Waals surface area (Å²) in [6.07, 6.45) is 3.75. The molecule has 2 aromatic rings. The van der Waals surface area contributed by atoms with Gasteiger partial charge in [0.05, 0.1) is 6.61 Å². The minimum atomic E-state index is -0.502. The fourth-order valence-corrected chi connectivity index (χ4v) is 2.73. The Morgan fingerprint density at radius 2 is 2.38 bits per heavy atom. The summed E-state index contributed by atoms with van der Waals surface area (Å²) in [5.74, 6) is 0.794. The normalized spacial score (nSPS) is 19.0. The number of hydrogen-bond acceptors (Lipinski definition) is 7. The maximum absolute atomic E-state index is 12.0. The molecule has 112 valence electrons. The number of rotatable bonds is 3. The second-order valence-electron chi connectivity index (χ2n) is 5.32. The largest absolute Gasteiger partial charge is 0.461 e. The molecule has 0 spiro atoms. The SMILES string of the molecule is CCOC(=O)c1noc2ncnc(N3CCC[C@H](C)C3)c12. The number of anilines is 1. The number of fused-ring (bicyclic) bond motifs is 1. The Morgan fingerprint density at radius 3 is 3.14 bits per heavy atom. The first-order valence-corrected chi connectivity index (χ1v) is 7.23. The molecule has 0 aliphatic carbocycles. The highest BCUT2D eigenvalue weighted by molar-refractivity contribution is 6.04. The van der Waals surface area contributed by atoms with Crippen LogP contribution >= 0.6 is 0 Å². The number of esters is 1. The van der Waals surface area contributed by atoms with Crippen LogP contribution in [0.1, 0.15) is 37.2 Å². The van der Waals surface area contributed by atoms with Gasteiger partial charge in [-0.1, -0.05) is 12.1 Å². The summed E-state index contributed by atoms with van der Waals surface area (Å²) in [7, 11) is 0. The zero-order valence-corrected chi connectivity index (χ0v) is 12.2. The summed E-state index contributed by atoms with van der Waals surface area (Å²) in [6, 6.07) is 0. The molecule has 1 atom stereocenters. The van der Waals surface area contributed by atoms with Crippen molar-refractivity contribution in [1.29, 1.82) is 0 Å². The molecule has 1 aliphatic rings. The summed E-state index contributed by atoms with van der Waals surface area (Å²) in [6.45, 7) is 6.06. The molecule has 0 aromatic carbocycles. The van der Waals surface area contributed by atoms with E-state index in [1.165, 1.54) is 12.7 Å². The Labute approximate surface area is 122 Å². The van der Waals surface area contributed by atoms with E-state index in [0.717, 1.165) is 19.5 Å². The third-order valence-corrected chi connectivity index (χ3v) is 3.68. The number of hydrogen-bond donors (Lipinski definition) is 0. The Morgan fingerprint density at radius 1 is 1.52 bits per heavy atom. The molecule has 1 fully saturated rings. The van der Waals surface area contributed by atoms with Crippen LogP contribution in [0.25, 0.3) is 11.1 Å². The Hall–Kier alpha value is -2.18. The predicted molar refractivity (Wildman–Crippen MR) is 76.2 cm³/mol. The van der Waals surface area contributed by atoms with E-state index in [0.29, 0.717) is 22.8 Å². The number of ether oxygens (including phenoxy) is 1. The first-order valence-electron chi connectivity index (χ1n) is 7.23. The van der Waals surface area contributed by atoms with Gasteiger partial charge in [0.1, 0.15) is 17.5 Å². The van der Waals surface area contributed by atoms with Gasteiger partial charge in [0.2, 0.25) is 5.69 Å². The molecule has 21 heavy (non-hydrogen) atoms. The summed E-state index contributed by atoms with van der Waals surface area (Å²) < 4.78 is 10.2. The summed E-state index contributed by atoms with van der Waals surface area (Å²) >= 11 is 0. The lowest BCUT2D eigenvalue weighted by Crippen LogP contribution is -2.35. The fourth-order valence-electron chi connectivity index (χ4n) is 2.73. The standard InChI is InChI=1S/C14H18N4O3/c1-3-20-14(19)11-10-12(15-8-16-13(10)21-17-11)18-6-4-5-9(2)7-18/h8-9H,3-7H2,1-2H3/t9-/m0/s1. The summed E-state index contributed by atoms with van der Waals surface area (Å²) in [4.78, 5) is 22.6. The van der Waals surface area contributed by atoms with Gasteiger partial charge in [-0.15, -0.1) is 0 Å². The van der Waals surface area contributed by atoms with E-state index >= 15 is 0 Å². The zero-order valence-electron chi connectivity index (χ0n) is 12.2. The van der Waals surface area contributed by atoms with Crippen molar-refractivity contribution >= 4 is 22.9 Å². The van der Waals surface area contributed by atoms with Crippen molar-refractivity contribution in [3.8, 4) is 0 Å². The van der Waals surface area contributed by atoms with Crippen LogP contribution in [0.4, 0.5) is 5.82 Å². The monoisotopic (exact) mass is 290 g/mol. The predicted octanol–water partition coefficient (Wildman–Crippen LogP) is 2.03. The second kappa shape index (κ2) is 5.67. The van der Waals surface area contributed by atoms with Crippen LogP contribution < -0.4 is 4.90 Å². The Bertz CT molecular complexity index is 655. The van der Waals surface area contributed by atoms with Crippen molar-refractivity contribution < 1.29 is 14.1 Å². The lowest BCUT2D eigenvalue weighted by molar-refractivity contribution is 0.0517. The molecule has 0 bridgehead atoms. The van der Waals surface area contributed by atoms with E-state index in [4.69, 9.17) is 9.26 Å². The van der Waals surface area contributed by atoms with Gasteiger partial charge in [-0.3, -0.25) is 0 Å². The van der Waals surface area contributed by atoms with Crippen molar-refractivity contribution in [1.82, 2.24) is 15.1 Å². The quantitative estimate of drug-likeness (QED) is 0.800. The van der Waals surface area contributed by atoms with Crippen molar-refractivity contribution in [2.75, 3.05) is 24.6 Å². The molecule has 0 radical (unpaired) electrons. The smallest absolute Gasteiger partial charge is 0.361 e. The third-order valence-electron chi connectivity index (χ3n) is 3.68. The molecular weight excluding hydrogens is 272 g/mol. The van der Waals surface area contributed by atoms with Crippen LogP contribution in [0, 0.1) is 5.92 Å². The van der Waals surface area contributed by atoms with Crippen molar-refractivity contribution in [2.45, 2.75) is 26.7 Å². The zero-order chi connectivity index (χ0) is 14.8. The van der Waals surface area contributed by atoms with Crippen LogP contribution in [0.15, 0.2) is 10.9 Å². The van der Waals surface area contributed by atoms with E-state index in [2.05, 4.69) is 26.9 Å². The summed E-state index contributed by atoms with van der Waals surface area (Å²) in [5.41, 5.74) is 0.474. The molecular formula is C14H18N4O3. The van der Waals surface area contributed by atoms with Crippen molar-refractivity contribution in [3.63, 3.8) is 0 Å². The van der Waals surface area contributed by atoms with E-state index in [1.807, 2.05) is 0 Å². The first kappa shape index (κ1) is 13.8. The topological polar surface area (TPSA) is 81.3 Å². The highest BCUT2D eigenvalue weighted by Crippen LogP contribution is 2.29. The number of carbonyl (C=O) groups is 1. The van der Waals surface area contributed by atoms with E-state index in [-0.39, 0.29) is 12.3 Å². The molecule has 0 N–H and O–H groups in total. The Balaban J connectivity index is 2.05. The third kappa shape index (κ3) is 2.55. The highest BCUT2D eigenvalue weighted by Gasteiger charge is 2.26. The molecule has 7 heteroatoms. The average Bonchev–Trinajstić information content (AvgIpc) is 2.91. The number of piperidine rings is 1. The Kier molecular flexibility index (Phi) is 3.72. The van der Waals surface area contributed by atoms with Crippen molar-refractivity contribution in [2.24, 2.45) is 5.92 Å². The minimum Gasteiger partial charge on any atom is -0.461 e. The fraction of sp³-hybridized carbons (Fsp3) is 0.571. The minimum absolute atomic E-state index is 0.153. The van der Waals surface area contributed by atoms with Gasteiger partial charge in [0, 0.05) is 13.1 Å². The molecule has 0 unspecified atom stereocenters. The van der Waals surface area contributed by atoms with Crippen molar-refractivity contribution in [3.05, 3.63) is 12.0 Å². The highest BCUT2D eigenvalue weighted by atomic mass is 16.5. The molecule has 0 saturated carbocycles. The van der Waals surface area contributed by atoms with Gasteiger partial charge in [-0.25, -0.2) is 9.78 Å². The van der Waals surface area contributed by atoms with Crippen LogP contribution in [0.2, 0.25) is 0 Å². The molecule has 1 aliphatic heterocycles. The van der Waals surface area contributed by atoms with Gasteiger partial charge in [-0.2, -0.15) is 4.98 Å². The first-order chi connectivity index (χ1) is 10.2. The van der Waals surface area contributed by atoms with Crippen LogP contribution in [-0.4, -0.2) is 40.8 Å². The lowest BCUT2D eigenvalue weighted by Gasteiger charge is -2.31. The number of nitrogens with zero attached hydrogens (tertiary/aromatic N) is 4. The maximum atomic E-state index is 12.0. The lowest BCUT2D eigenvalue weighted by atomic mass is 10.00. The van der Waals surface area contributed by atoms with Gasteiger partial charge in [0.15, 0.2) is 0 Å². The molecule has 3 rings (SSSR count). The van der Waals surface area contributed by atoms with Gasteiger partial charge in [0.25, 0.3) is 5.71 Å². The van der Waals surface area contributed by atoms with E-state index in [1.54, 1.807) is 6.92 Å². The van der Waals surface area contributed by atoms with Crippen LogP contribution in [-0.2, 0) is 4.74 Å². The number of carbonyl (C=O) groups excluding carboxylic acids is 1. The van der Waals surface area contributed by atoms with E-state index < -0.39 is 5.97 Å². The molecule has 7 nitrogen and oxygen atoms in total. The molecule has 2 aromatic heterocycles. The number of aromatic nitrogens is 3. The second-order valence-corrected chi connectivity index (χ2v) is 5.32.